The van der Waals surface area contributed by atoms with E-state index in [0.717, 1.165) is 13.0 Å². The molecule has 3 heteroatoms. The van der Waals surface area contributed by atoms with Gasteiger partial charge in [-0.2, -0.15) is 5.26 Å². The molecule has 1 N–H and O–H groups in total. The number of rotatable bonds is 5. The van der Waals surface area contributed by atoms with Gasteiger partial charge in [-0.1, -0.05) is 6.92 Å². The van der Waals surface area contributed by atoms with Gasteiger partial charge in [0, 0.05) is 13.0 Å². The molecule has 0 saturated carbocycles. The second-order valence-corrected chi connectivity index (χ2v) is 2.75. The molecule has 0 spiro atoms. The Morgan fingerprint density at radius 3 is 2.55 bits per heavy atom. The molecule has 0 aromatic heterocycles. The maximum absolute atomic E-state index is 8.29. The molecular weight excluding hydrogens is 138 g/mol. The van der Waals surface area contributed by atoms with E-state index in [1.807, 2.05) is 14.1 Å². The van der Waals surface area contributed by atoms with Crippen molar-refractivity contribution in [2.75, 3.05) is 20.6 Å². The minimum Gasteiger partial charge on any atom is -0.301 e. The Kier molecular flexibility index (Phi) is 5.81. The van der Waals surface area contributed by atoms with Gasteiger partial charge in [0.1, 0.15) is 0 Å². The van der Waals surface area contributed by atoms with Crippen molar-refractivity contribution in [3.05, 3.63) is 0 Å². The largest absolute Gasteiger partial charge is 0.301 e. The number of nitrogens with one attached hydrogen (secondary N) is 1. The number of hydrogen-bond donors (Lipinski definition) is 1. The van der Waals surface area contributed by atoms with Crippen molar-refractivity contribution in [2.24, 2.45) is 0 Å². The van der Waals surface area contributed by atoms with Crippen LogP contribution in [-0.4, -0.2) is 31.7 Å². The van der Waals surface area contributed by atoms with Gasteiger partial charge in [0.05, 0.1) is 12.2 Å². The first-order valence-corrected chi connectivity index (χ1v) is 3.99. The quantitative estimate of drug-likeness (QED) is 0.471. The van der Waals surface area contributed by atoms with E-state index in [9.17, 15) is 0 Å². The maximum atomic E-state index is 8.29. The summed E-state index contributed by atoms with van der Waals surface area (Å²) in [5.74, 6) is 0. The molecule has 1 atom stereocenters. The van der Waals surface area contributed by atoms with Gasteiger partial charge in [0.2, 0.25) is 0 Å². The van der Waals surface area contributed by atoms with E-state index in [2.05, 4.69) is 23.2 Å². The van der Waals surface area contributed by atoms with Crippen molar-refractivity contribution < 1.29 is 0 Å². The Morgan fingerprint density at radius 2 is 2.18 bits per heavy atom. The predicted octanol–water partition coefficient (Wildman–Crippen LogP) is 0.787. The van der Waals surface area contributed by atoms with E-state index >= 15 is 0 Å². The molecule has 0 aromatic rings. The van der Waals surface area contributed by atoms with E-state index in [1.54, 1.807) is 0 Å². The van der Waals surface area contributed by atoms with Crippen molar-refractivity contribution in [2.45, 2.75) is 25.9 Å². The fourth-order valence-electron chi connectivity index (χ4n) is 0.987. The van der Waals surface area contributed by atoms with Crippen molar-refractivity contribution in [3.8, 4) is 6.07 Å². The van der Waals surface area contributed by atoms with Crippen molar-refractivity contribution in [1.82, 2.24) is 10.2 Å². The predicted molar refractivity (Wildman–Crippen MR) is 46.0 cm³/mol. The zero-order chi connectivity index (χ0) is 8.69. The lowest BCUT2D eigenvalue weighted by Gasteiger charge is -2.23. The topological polar surface area (TPSA) is 39.1 Å². The van der Waals surface area contributed by atoms with Crippen LogP contribution in [0.15, 0.2) is 0 Å². The molecule has 64 valence electrons. The molecule has 0 bridgehead atoms. The fourth-order valence-corrected chi connectivity index (χ4v) is 0.987. The Balaban J connectivity index is 3.46. The van der Waals surface area contributed by atoms with Crippen LogP contribution in [0.2, 0.25) is 0 Å². The van der Waals surface area contributed by atoms with Gasteiger partial charge < -0.3 is 5.32 Å². The van der Waals surface area contributed by atoms with Crippen LogP contribution in [0.3, 0.4) is 0 Å². The maximum Gasteiger partial charge on any atom is 0.0635 e. The fraction of sp³-hybridized carbons (Fsp3) is 0.875. The van der Waals surface area contributed by atoms with E-state index < -0.39 is 0 Å². The minimum atomic E-state index is 0.406. The smallest absolute Gasteiger partial charge is 0.0635 e. The first kappa shape index (κ1) is 10.4. The van der Waals surface area contributed by atoms with E-state index in [4.69, 9.17) is 5.26 Å². The Labute approximate surface area is 69.0 Å². The highest BCUT2D eigenvalue weighted by Gasteiger charge is 2.05. The molecule has 0 rings (SSSR count). The molecule has 0 saturated heterocycles. The number of hydrogen-bond acceptors (Lipinski definition) is 3. The van der Waals surface area contributed by atoms with E-state index in [1.165, 1.54) is 0 Å². The zero-order valence-corrected chi connectivity index (χ0v) is 7.59. The van der Waals surface area contributed by atoms with Crippen molar-refractivity contribution in [1.29, 1.82) is 5.26 Å². The average Bonchev–Trinajstić information content (AvgIpc) is 1.97. The lowest BCUT2D eigenvalue weighted by molar-refractivity contribution is 0.241. The zero-order valence-electron chi connectivity index (χ0n) is 7.59. The highest BCUT2D eigenvalue weighted by atomic mass is 15.2. The highest BCUT2D eigenvalue weighted by molar-refractivity contribution is 4.72. The van der Waals surface area contributed by atoms with Gasteiger partial charge >= 0.3 is 0 Å². The number of nitrogens with zero attached hydrogens (tertiary/aromatic N) is 2. The molecule has 0 aliphatic heterocycles. The van der Waals surface area contributed by atoms with E-state index in [0.29, 0.717) is 12.6 Å². The number of nitriles is 1. The Hall–Kier alpha value is -0.590. The van der Waals surface area contributed by atoms with Crippen LogP contribution < -0.4 is 5.32 Å². The Bertz CT molecular complexity index is 126. The van der Waals surface area contributed by atoms with Gasteiger partial charge in [0.15, 0.2) is 0 Å². The summed E-state index contributed by atoms with van der Waals surface area (Å²) >= 11 is 0. The second kappa shape index (κ2) is 6.14. The summed E-state index contributed by atoms with van der Waals surface area (Å²) in [7, 11) is 4.07. The first-order valence-electron chi connectivity index (χ1n) is 3.99. The van der Waals surface area contributed by atoms with Crippen LogP contribution in [-0.2, 0) is 0 Å². The van der Waals surface area contributed by atoms with Crippen LogP contribution in [0.25, 0.3) is 0 Å². The van der Waals surface area contributed by atoms with Crippen LogP contribution in [0.1, 0.15) is 19.8 Å². The van der Waals surface area contributed by atoms with Crippen LogP contribution in [0.5, 0.6) is 0 Å². The molecule has 0 aliphatic carbocycles. The monoisotopic (exact) mass is 155 g/mol. The van der Waals surface area contributed by atoms with E-state index in [-0.39, 0.29) is 0 Å². The molecule has 11 heavy (non-hydrogen) atoms. The normalized spacial score (nSPS) is 13.0. The summed E-state index contributed by atoms with van der Waals surface area (Å²) < 4.78 is 0. The molecule has 0 radical (unpaired) electrons. The molecule has 3 nitrogen and oxygen atoms in total. The molecule has 0 fully saturated rings. The molecule has 1 unspecified atom stereocenters. The Morgan fingerprint density at radius 1 is 1.55 bits per heavy atom. The van der Waals surface area contributed by atoms with Gasteiger partial charge in [-0.25, -0.2) is 0 Å². The lowest BCUT2D eigenvalue weighted by Crippen LogP contribution is -2.41. The van der Waals surface area contributed by atoms with Gasteiger partial charge in [-0.3, -0.25) is 4.90 Å². The summed E-state index contributed by atoms with van der Waals surface area (Å²) in [6, 6.07) is 2.11. The molecule has 0 aromatic carbocycles. The molecule has 0 amide bonds. The summed E-state index contributed by atoms with van der Waals surface area (Å²) in [5.41, 5.74) is 0. The van der Waals surface area contributed by atoms with Gasteiger partial charge in [-0.05, 0) is 20.5 Å². The summed E-state index contributed by atoms with van der Waals surface area (Å²) in [5, 5.41) is 11.6. The highest BCUT2D eigenvalue weighted by Crippen LogP contribution is 1.93. The first-order chi connectivity index (χ1) is 5.22. The van der Waals surface area contributed by atoms with Gasteiger partial charge in [0.25, 0.3) is 0 Å². The van der Waals surface area contributed by atoms with Crippen LogP contribution in [0.4, 0.5) is 0 Å². The average molecular weight is 155 g/mol. The molecular formula is C8H17N3. The lowest BCUT2D eigenvalue weighted by atomic mass is 10.3. The third-order valence-corrected chi connectivity index (χ3v) is 1.63. The minimum absolute atomic E-state index is 0.406. The second-order valence-electron chi connectivity index (χ2n) is 2.75. The van der Waals surface area contributed by atoms with Crippen molar-refractivity contribution in [3.63, 3.8) is 0 Å². The molecule has 0 aliphatic rings. The standard InChI is InChI=1S/C8H17N3/c1-4-8(11(2)3)10-7-5-6-9/h8,10H,4-5,7H2,1-3H3. The molecule has 0 heterocycles. The van der Waals surface area contributed by atoms with Gasteiger partial charge in [-0.15, -0.1) is 0 Å². The van der Waals surface area contributed by atoms with Crippen LogP contribution >= 0.6 is 0 Å². The summed E-state index contributed by atoms with van der Waals surface area (Å²) in [4.78, 5) is 2.12. The summed E-state index contributed by atoms with van der Waals surface area (Å²) in [6.07, 6.45) is 2.06. The van der Waals surface area contributed by atoms with Crippen LogP contribution in [0, 0.1) is 11.3 Å². The van der Waals surface area contributed by atoms with Crippen molar-refractivity contribution >= 4 is 0 Å². The third-order valence-electron chi connectivity index (χ3n) is 1.63. The SMILES string of the molecule is CCC(NCCC#N)N(C)C. The summed E-state index contributed by atoms with van der Waals surface area (Å²) in [6.45, 7) is 2.91. The third kappa shape index (κ3) is 4.77.